The van der Waals surface area contributed by atoms with Gasteiger partial charge in [-0.3, -0.25) is 4.90 Å². The van der Waals surface area contributed by atoms with E-state index < -0.39 is 11.6 Å². The molecule has 4 N–H and O–H groups in total. The summed E-state index contributed by atoms with van der Waals surface area (Å²) >= 11 is 0. The van der Waals surface area contributed by atoms with Crippen LogP contribution in [0.1, 0.15) is 75.8 Å². The van der Waals surface area contributed by atoms with Crippen molar-refractivity contribution in [1.82, 2.24) is 24.4 Å². The first-order valence-electron chi connectivity index (χ1n) is 14.2. The predicted molar refractivity (Wildman–Crippen MR) is 167 cm³/mol. The Hall–Kier alpha value is -1.98. The maximum Gasteiger partial charge on any atom is 0.227 e. The molecule has 2 saturated carbocycles. The molecule has 0 spiro atoms. The highest BCUT2D eigenvalue weighted by molar-refractivity contribution is 5.86. The number of piperidine rings is 1. The first kappa shape index (κ1) is 33.5. The summed E-state index contributed by atoms with van der Waals surface area (Å²) in [5.41, 5.74) is 8.37. The molecule has 0 bridgehead atoms. The third-order valence-electron chi connectivity index (χ3n) is 8.58. The van der Waals surface area contributed by atoms with E-state index in [0.717, 1.165) is 87.5 Å². The Balaban J connectivity index is 0.00000154. The molecule has 0 amide bonds. The van der Waals surface area contributed by atoms with Gasteiger partial charge in [0.1, 0.15) is 11.6 Å². The number of benzene rings is 1. The molecule has 8 nitrogen and oxygen atoms in total. The van der Waals surface area contributed by atoms with Gasteiger partial charge in [-0.1, -0.05) is 18.9 Å². The second kappa shape index (κ2) is 15.0. The van der Waals surface area contributed by atoms with Crippen molar-refractivity contribution in [2.75, 3.05) is 23.7 Å². The lowest BCUT2D eigenvalue weighted by molar-refractivity contribution is 0.208. The average Bonchev–Trinajstić information content (AvgIpc) is 3.58. The Kier molecular flexibility index (Phi) is 12.2. The fourth-order valence-electron chi connectivity index (χ4n) is 6.30. The van der Waals surface area contributed by atoms with Crippen LogP contribution in [0.3, 0.4) is 0 Å². The largest absolute Gasteiger partial charge is 0.365 e. The highest BCUT2D eigenvalue weighted by atomic mass is 35.5. The first-order valence-corrected chi connectivity index (χ1v) is 14.2. The highest BCUT2D eigenvalue weighted by Gasteiger charge is 2.26. The molecule has 1 saturated heterocycles. The Labute approximate surface area is 258 Å². The number of nitrogens with zero attached hydrogens (tertiary/aromatic N) is 5. The molecule has 13 heteroatoms. The van der Waals surface area contributed by atoms with Gasteiger partial charge in [-0.2, -0.15) is 9.97 Å². The maximum absolute atomic E-state index is 14.1. The van der Waals surface area contributed by atoms with Gasteiger partial charge in [-0.15, -0.1) is 37.2 Å². The highest BCUT2D eigenvalue weighted by Crippen LogP contribution is 2.34. The summed E-state index contributed by atoms with van der Waals surface area (Å²) < 4.78 is 29.7. The molecule has 3 aliphatic rings. The van der Waals surface area contributed by atoms with Gasteiger partial charge in [0.15, 0.2) is 17.0 Å². The molecule has 1 aromatic carbocycles. The van der Waals surface area contributed by atoms with Crippen LogP contribution in [0.4, 0.5) is 20.5 Å². The molecule has 3 fully saturated rings. The smallest absolute Gasteiger partial charge is 0.227 e. The zero-order chi connectivity index (χ0) is 26.1. The number of aromatic nitrogens is 4. The average molecular weight is 634 g/mol. The van der Waals surface area contributed by atoms with E-state index in [2.05, 4.69) is 20.1 Å². The second-order valence-electron chi connectivity index (χ2n) is 11.3. The van der Waals surface area contributed by atoms with Crippen molar-refractivity contribution in [3.05, 3.63) is 41.7 Å². The summed E-state index contributed by atoms with van der Waals surface area (Å²) in [5, 5.41) is 7.27. The molecule has 0 radical (unpaired) electrons. The van der Waals surface area contributed by atoms with Crippen molar-refractivity contribution in [2.24, 2.45) is 5.73 Å². The van der Waals surface area contributed by atoms with E-state index in [9.17, 15) is 8.78 Å². The van der Waals surface area contributed by atoms with Gasteiger partial charge in [0.2, 0.25) is 5.95 Å². The third-order valence-corrected chi connectivity index (χ3v) is 8.58. The summed E-state index contributed by atoms with van der Waals surface area (Å²) in [6, 6.07) is 5.13. The molecule has 3 aromatic rings. The van der Waals surface area contributed by atoms with Crippen LogP contribution in [0.5, 0.6) is 0 Å². The molecule has 2 aromatic heterocycles. The number of halogens is 5. The van der Waals surface area contributed by atoms with E-state index in [1.165, 1.54) is 18.9 Å². The van der Waals surface area contributed by atoms with Crippen molar-refractivity contribution < 1.29 is 8.78 Å². The van der Waals surface area contributed by atoms with Gasteiger partial charge in [-0.25, -0.2) is 13.8 Å². The molecule has 6 rings (SSSR count). The number of hydrogen-bond acceptors (Lipinski definition) is 7. The number of nitrogens with one attached hydrogen (secondary N) is 2. The van der Waals surface area contributed by atoms with Crippen LogP contribution in [0.2, 0.25) is 0 Å². The molecule has 2 aliphatic carbocycles. The van der Waals surface area contributed by atoms with Gasteiger partial charge in [-0.05, 0) is 57.4 Å². The Bertz CT molecular complexity index is 1260. The van der Waals surface area contributed by atoms with Crippen LogP contribution in [0.15, 0.2) is 24.5 Å². The zero-order valence-electron chi connectivity index (χ0n) is 23.1. The van der Waals surface area contributed by atoms with E-state index in [4.69, 9.17) is 20.7 Å². The topological polar surface area (TPSA) is 96.9 Å². The summed E-state index contributed by atoms with van der Waals surface area (Å²) in [5.74, 6) is 0.419. The minimum absolute atomic E-state index is 0. The summed E-state index contributed by atoms with van der Waals surface area (Å²) in [4.78, 5) is 16.9. The van der Waals surface area contributed by atoms with Crippen LogP contribution >= 0.6 is 37.2 Å². The third kappa shape index (κ3) is 7.90. The van der Waals surface area contributed by atoms with Crippen molar-refractivity contribution in [2.45, 2.75) is 94.9 Å². The molecular weight excluding hydrogens is 593 g/mol. The normalized spacial score (nSPS) is 22.0. The van der Waals surface area contributed by atoms with E-state index >= 15 is 0 Å². The molecule has 41 heavy (non-hydrogen) atoms. The lowest BCUT2D eigenvalue weighted by Gasteiger charge is -2.32. The quantitative estimate of drug-likeness (QED) is 0.283. The van der Waals surface area contributed by atoms with Crippen molar-refractivity contribution in [1.29, 1.82) is 0 Å². The van der Waals surface area contributed by atoms with Gasteiger partial charge in [0.25, 0.3) is 0 Å². The van der Waals surface area contributed by atoms with Crippen LogP contribution in [0, 0.1) is 11.6 Å². The molecular formula is C28H41Cl3F2N8. The van der Waals surface area contributed by atoms with Gasteiger partial charge in [0.05, 0.1) is 6.33 Å². The van der Waals surface area contributed by atoms with Crippen LogP contribution < -0.4 is 16.4 Å². The fourth-order valence-corrected chi connectivity index (χ4v) is 6.30. The van der Waals surface area contributed by atoms with Gasteiger partial charge in [0, 0.05) is 55.4 Å². The van der Waals surface area contributed by atoms with E-state index in [0.29, 0.717) is 36.2 Å². The number of imidazole rings is 1. The molecule has 228 valence electrons. The van der Waals surface area contributed by atoms with Gasteiger partial charge < -0.3 is 20.9 Å². The van der Waals surface area contributed by atoms with Crippen LogP contribution in [0.25, 0.3) is 11.2 Å². The van der Waals surface area contributed by atoms with Crippen molar-refractivity contribution in [3.63, 3.8) is 0 Å². The standard InChI is InChI=1S/C28H38F2N8.3ClH/c29-19-6-5-18(24(30)15-19)16-37-13-11-22(12-14-37)33-26-25-27(38(17-32-25)23-3-1-2-4-23)36-28(35-26)34-21-9-7-20(31)8-10-21;;;/h5-6,15,17,20-23H,1-4,7-14,16,31H2,(H2,33,34,35,36);3*1H. The predicted octanol–water partition coefficient (Wildman–Crippen LogP) is 6.24. The van der Waals surface area contributed by atoms with Gasteiger partial charge >= 0.3 is 0 Å². The number of anilines is 2. The first-order chi connectivity index (χ1) is 18.5. The monoisotopic (exact) mass is 632 g/mol. The Morgan fingerprint density at radius 3 is 2.22 bits per heavy atom. The Morgan fingerprint density at radius 2 is 1.54 bits per heavy atom. The number of fused-ring (bicyclic) bond motifs is 1. The van der Waals surface area contributed by atoms with E-state index in [1.54, 1.807) is 6.07 Å². The lowest BCUT2D eigenvalue weighted by atomic mass is 9.92. The van der Waals surface area contributed by atoms with Crippen LogP contribution in [-0.2, 0) is 6.54 Å². The number of rotatable bonds is 7. The maximum atomic E-state index is 14.1. The van der Waals surface area contributed by atoms with Crippen molar-refractivity contribution in [3.8, 4) is 0 Å². The van der Waals surface area contributed by atoms with Crippen LogP contribution in [-0.4, -0.2) is 55.6 Å². The summed E-state index contributed by atoms with van der Waals surface area (Å²) in [6.45, 7) is 2.14. The number of likely N-dealkylation sites (tertiary alicyclic amines) is 1. The minimum Gasteiger partial charge on any atom is -0.365 e. The molecule has 0 unspecified atom stereocenters. The van der Waals surface area contributed by atoms with E-state index in [-0.39, 0.29) is 43.3 Å². The second-order valence-corrected chi connectivity index (χ2v) is 11.3. The fraction of sp³-hybridized carbons (Fsp3) is 0.607. The SMILES string of the molecule is Cl.Cl.Cl.NC1CCC(Nc2nc(NC3CCN(Cc4ccc(F)cc4F)CC3)c3ncn(C4CCCC4)c3n2)CC1. The molecule has 3 heterocycles. The molecule has 1 aliphatic heterocycles. The lowest BCUT2D eigenvalue weighted by Crippen LogP contribution is -2.39. The number of nitrogens with two attached hydrogens (primary N) is 1. The van der Waals surface area contributed by atoms with Crippen molar-refractivity contribution >= 4 is 60.2 Å². The molecule has 0 atom stereocenters. The minimum atomic E-state index is -0.540. The zero-order valence-corrected chi connectivity index (χ0v) is 25.6. The Morgan fingerprint density at radius 1 is 0.854 bits per heavy atom. The van der Waals surface area contributed by atoms with E-state index in [1.807, 2.05) is 6.33 Å². The summed E-state index contributed by atoms with van der Waals surface area (Å²) in [6.07, 6.45) is 12.6. The number of hydrogen-bond donors (Lipinski definition) is 3. The summed E-state index contributed by atoms with van der Waals surface area (Å²) in [7, 11) is 0.